The van der Waals surface area contributed by atoms with E-state index in [9.17, 15) is 14.0 Å². The zero-order valence-electron chi connectivity index (χ0n) is 17.1. The summed E-state index contributed by atoms with van der Waals surface area (Å²) in [6, 6.07) is 14.5. The lowest BCUT2D eigenvalue weighted by Crippen LogP contribution is -2.08. The number of carbonyl (C=O) groups excluding carboxylic acids is 2. The molecule has 0 aliphatic heterocycles. The molecule has 162 valence electrons. The van der Waals surface area contributed by atoms with Crippen molar-refractivity contribution in [1.29, 1.82) is 0 Å². The molecule has 0 spiro atoms. The monoisotopic (exact) mass is 435 g/mol. The lowest BCUT2D eigenvalue weighted by Gasteiger charge is -2.02. The number of carbonyl (C=O) groups is 2. The summed E-state index contributed by atoms with van der Waals surface area (Å²) < 4.78 is 29.0. The third-order valence-electron chi connectivity index (χ3n) is 4.67. The standard InChI is InChI=1S/C23H18FN3O5/c1-14-21(22(27-32-14)16-5-3-2-4-6-16)23-26-25-19(31-23)13-30-20(29)12-11-18(28)15-7-9-17(24)10-8-15/h2-10H,11-13H2,1H3. The van der Waals surface area contributed by atoms with Gasteiger partial charge >= 0.3 is 5.97 Å². The molecule has 0 radical (unpaired) electrons. The van der Waals surface area contributed by atoms with E-state index in [4.69, 9.17) is 13.7 Å². The van der Waals surface area contributed by atoms with Gasteiger partial charge < -0.3 is 13.7 Å². The summed E-state index contributed by atoms with van der Waals surface area (Å²) in [7, 11) is 0. The fourth-order valence-corrected chi connectivity index (χ4v) is 3.04. The predicted octanol–water partition coefficient (Wildman–Crippen LogP) is 4.55. The summed E-state index contributed by atoms with van der Waals surface area (Å²) in [6.07, 6.45) is -0.181. The molecule has 0 N–H and O–H groups in total. The Morgan fingerprint density at radius 2 is 1.75 bits per heavy atom. The molecule has 4 aromatic rings. The van der Waals surface area contributed by atoms with Gasteiger partial charge in [-0.15, -0.1) is 10.2 Å². The average molecular weight is 435 g/mol. The van der Waals surface area contributed by atoms with Crippen LogP contribution < -0.4 is 0 Å². The van der Waals surface area contributed by atoms with Crippen molar-refractivity contribution in [3.8, 4) is 22.7 Å². The summed E-state index contributed by atoms with van der Waals surface area (Å²) in [5.41, 5.74) is 2.29. The van der Waals surface area contributed by atoms with E-state index in [0.717, 1.165) is 5.56 Å². The Morgan fingerprint density at radius 3 is 2.50 bits per heavy atom. The maximum absolute atomic E-state index is 12.9. The van der Waals surface area contributed by atoms with E-state index in [2.05, 4.69) is 15.4 Å². The largest absolute Gasteiger partial charge is 0.456 e. The first-order chi connectivity index (χ1) is 15.5. The number of esters is 1. The molecule has 0 saturated carbocycles. The van der Waals surface area contributed by atoms with Crippen molar-refractivity contribution in [2.45, 2.75) is 26.4 Å². The Labute approximate surface area is 182 Å². The van der Waals surface area contributed by atoms with Gasteiger partial charge in [-0.05, 0) is 31.2 Å². The van der Waals surface area contributed by atoms with E-state index in [0.29, 0.717) is 22.6 Å². The van der Waals surface area contributed by atoms with Crippen LogP contribution in [0.25, 0.3) is 22.7 Å². The average Bonchev–Trinajstić information content (AvgIpc) is 3.43. The highest BCUT2D eigenvalue weighted by Crippen LogP contribution is 2.33. The molecule has 0 amide bonds. The highest BCUT2D eigenvalue weighted by Gasteiger charge is 2.22. The van der Waals surface area contributed by atoms with E-state index >= 15 is 0 Å². The van der Waals surface area contributed by atoms with Gasteiger partial charge in [0, 0.05) is 17.5 Å². The van der Waals surface area contributed by atoms with Crippen LogP contribution in [0.5, 0.6) is 0 Å². The fraction of sp³-hybridized carbons (Fsp3) is 0.174. The van der Waals surface area contributed by atoms with Gasteiger partial charge in [0.2, 0.25) is 0 Å². The maximum atomic E-state index is 12.9. The highest BCUT2D eigenvalue weighted by atomic mass is 19.1. The molecular weight excluding hydrogens is 417 g/mol. The Bertz CT molecular complexity index is 1230. The van der Waals surface area contributed by atoms with Crippen molar-refractivity contribution in [1.82, 2.24) is 15.4 Å². The molecule has 0 fully saturated rings. The number of halogens is 1. The van der Waals surface area contributed by atoms with Crippen molar-refractivity contribution >= 4 is 11.8 Å². The SMILES string of the molecule is Cc1onc(-c2ccccc2)c1-c1nnc(COC(=O)CCC(=O)c2ccc(F)cc2)o1. The summed E-state index contributed by atoms with van der Waals surface area (Å²) in [6.45, 7) is 1.50. The van der Waals surface area contributed by atoms with Crippen molar-refractivity contribution in [2.75, 3.05) is 0 Å². The van der Waals surface area contributed by atoms with E-state index in [1.54, 1.807) is 6.92 Å². The normalized spacial score (nSPS) is 10.8. The Morgan fingerprint density at radius 1 is 1.00 bits per heavy atom. The Kier molecular flexibility index (Phi) is 6.16. The van der Waals surface area contributed by atoms with Crippen LogP contribution in [0.2, 0.25) is 0 Å². The van der Waals surface area contributed by atoms with E-state index in [-0.39, 0.29) is 37.0 Å². The van der Waals surface area contributed by atoms with Crippen molar-refractivity contribution < 1.29 is 27.7 Å². The van der Waals surface area contributed by atoms with Crippen LogP contribution in [0.15, 0.2) is 63.5 Å². The van der Waals surface area contributed by atoms with Crippen LogP contribution >= 0.6 is 0 Å². The first-order valence-electron chi connectivity index (χ1n) is 9.80. The Balaban J connectivity index is 1.35. The third kappa shape index (κ3) is 4.77. The maximum Gasteiger partial charge on any atom is 0.306 e. The summed E-state index contributed by atoms with van der Waals surface area (Å²) in [5.74, 6) is -0.504. The second-order valence-electron chi connectivity index (χ2n) is 6.92. The highest BCUT2D eigenvalue weighted by molar-refractivity contribution is 5.97. The molecular formula is C23H18FN3O5. The molecule has 0 saturated heterocycles. The van der Waals surface area contributed by atoms with Gasteiger partial charge in [-0.2, -0.15) is 0 Å². The van der Waals surface area contributed by atoms with Gasteiger partial charge in [0.25, 0.3) is 11.8 Å². The number of hydrogen-bond acceptors (Lipinski definition) is 8. The van der Waals surface area contributed by atoms with Crippen LogP contribution in [0.3, 0.4) is 0 Å². The van der Waals surface area contributed by atoms with Gasteiger partial charge in [0.15, 0.2) is 12.4 Å². The number of benzene rings is 2. The first-order valence-corrected chi connectivity index (χ1v) is 9.80. The number of aryl methyl sites for hydroxylation is 1. The number of nitrogens with zero attached hydrogens (tertiary/aromatic N) is 3. The number of ether oxygens (including phenoxy) is 1. The molecule has 0 aliphatic rings. The predicted molar refractivity (Wildman–Crippen MR) is 110 cm³/mol. The minimum Gasteiger partial charge on any atom is -0.456 e. The first kappa shape index (κ1) is 21.1. The smallest absolute Gasteiger partial charge is 0.306 e. The number of aromatic nitrogens is 3. The van der Waals surface area contributed by atoms with E-state index in [1.807, 2.05) is 30.3 Å². The second kappa shape index (κ2) is 9.34. The van der Waals surface area contributed by atoms with Crippen LogP contribution in [0.4, 0.5) is 4.39 Å². The van der Waals surface area contributed by atoms with Crippen LogP contribution in [-0.4, -0.2) is 27.1 Å². The van der Waals surface area contributed by atoms with Crippen molar-refractivity contribution in [2.24, 2.45) is 0 Å². The van der Waals surface area contributed by atoms with E-state index in [1.165, 1.54) is 24.3 Å². The van der Waals surface area contributed by atoms with Crippen LogP contribution in [0.1, 0.15) is 34.9 Å². The molecule has 2 aromatic heterocycles. The lowest BCUT2D eigenvalue weighted by atomic mass is 10.1. The van der Waals surface area contributed by atoms with Gasteiger partial charge in [-0.1, -0.05) is 35.5 Å². The Hall–Kier alpha value is -4.14. The molecule has 0 unspecified atom stereocenters. The molecule has 0 atom stereocenters. The topological polar surface area (TPSA) is 108 Å². The van der Waals surface area contributed by atoms with Crippen molar-refractivity contribution in [3.05, 3.63) is 77.6 Å². The molecule has 4 rings (SSSR count). The van der Waals surface area contributed by atoms with Gasteiger partial charge in [0.1, 0.15) is 22.8 Å². The van der Waals surface area contributed by atoms with Crippen molar-refractivity contribution in [3.63, 3.8) is 0 Å². The molecule has 32 heavy (non-hydrogen) atoms. The summed E-state index contributed by atoms with van der Waals surface area (Å²) in [4.78, 5) is 24.0. The third-order valence-corrected chi connectivity index (χ3v) is 4.67. The molecule has 2 aromatic carbocycles. The number of ketones is 1. The van der Waals surface area contributed by atoms with E-state index < -0.39 is 11.8 Å². The zero-order chi connectivity index (χ0) is 22.5. The zero-order valence-corrected chi connectivity index (χ0v) is 17.1. The fourth-order valence-electron chi connectivity index (χ4n) is 3.04. The van der Waals surface area contributed by atoms with Gasteiger partial charge in [0.05, 0.1) is 6.42 Å². The molecule has 2 heterocycles. The van der Waals surface area contributed by atoms with Gasteiger partial charge in [-0.25, -0.2) is 4.39 Å². The lowest BCUT2D eigenvalue weighted by molar-refractivity contribution is -0.145. The summed E-state index contributed by atoms with van der Waals surface area (Å²) in [5, 5.41) is 12.0. The number of Topliss-reactive ketones (excluding diaryl/α,β-unsaturated/α-hetero) is 1. The molecule has 9 heteroatoms. The van der Waals surface area contributed by atoms with Crippen LogP contribution in [0, 0.1) is 12.7 Å². The second-order valence-corrected chi connectivity index (χ2v) is 6.92. The molecule has 0 bridgehead atoms. The quantitative estimate of drug-likeness (QED) is 0.293. The molecule has 8 nitrogen and oxygen atoms in total. The number of hydrogen-bond donors (Lipinski definition) is 0. The van der Waals surface area contributed by atoms with Crippen LogP contribution in [-0.2, 0) is 16.1 Å². The minimum absolute atomic E-state index is 0.0557. The summed E-state index contributed by atoms with van der Waals surface area (Å²) >= 11 is 0. The molecule has 0 aliphatic carbocycles. The minimum atomic E-state index is -0.591. The van der Waals surface area contributed by atoms with Gasteiger partial charge in [-0.3, -0.25) is 9.59 Å². The number of rotatable bonds is 8.